The molecule has 2 N–H and O–H groups in total. The third-order valence-electron chi connectivity index (χ3n) is 5.56. The van der Waals surface area contributed by atoms with Crippen molar-refractivity contribution < 1.29 is 9.21 Å². The predicted octanol–water partition coefficient (Wildman–Crippen LogP) is 4.81. The summed E-state index contributed by atoms with van der Waals surface area (Å²) in [7, 11) is 0. The lowest BCUT2D eigenvalue weighted by atomic mass is 10.1. The average Bonchev–Trinajstić information content (AvgIpc) is 3.23. The van der Waals surface area contributed by atoms with Gasteiger partial charge in [-0.1, -0.05) is 35.9 Å². The molecule has 1 saturated heterocycles. The van der Waals surface area contributed by atoms with Crippen molar-refractivity contribution in [3.05, 3.63) is 82.9 Å². The Morgan fingerprint density at radius 3 is 2.75 bits per heavy atom. The van der Waals surface area contributed by atoms with E-state index < -0.39 is 0 Å². The minimum atomic E-state index is -0.241. The molecule has 7 heteroatoms. The molecule has 1 aliphatic heterocycles. The van der Waals surface area contributed by atoms with Crippen LogP contribution in [-0.4, -0.2) is 42.0 Å². The highest BCUT2D eigenvalue weighted by molar-refractivity contribution is 6.31. The normalized spacial score (nSPS) is 14.5. The van der Waals surface area contributed by atoms with Crippen LogP contribution in [0.15, 0.2) is 71.1 Å². The van der Waals surface area contributed by atoms with E-state index in [0.29, 0.717) is 22.2 Å². The molecule has 6 nitrogen and oxygen atoms in total. The van der Waals surface area contributed by atoms with Crippen LogP contribution >= 0.6 is 11.6 Å². The Kier molecular flexibility index (Phi) is 5.90. The maximum Gasteiger partial charge on any atom is 0.255 e. The highest BCUT2D eigenvalue weighted by Gasteiger charge is 2.16. The number of rotatable bonds is 5. The number of fused-ring (bicyclic) bond motifs is 1. The molecule has 0 bridgehead atoms. The third-order valence-corrected chi connectivity index (χ3v) is 5.80. The summed E-state index contributed by atoms with van der Waals surface area (Å²) in [5, 5.41) is 6.84. The Morgan fingerprint density at radius 2 is 1.91 bits per heavy atom. The van der Waals surface area contributed by atoms with E-state index in [0.717, 1.165) is 49.4 Å². The summed E-state index contributed by atoms with van der Waals surface area (Å²) >= 11 is 6.03. The van der Waals surface area contributed by atoms with Crippen LogP contribution in [-0.2, 0) is 6.54 Å². The minimum Gasteiger partial charge on any atom is -0.436 e. The molecule has 1 fully saturated rings. The van der Waals surface area contributed by atoms with Gasteiger partial charge in [0.1, 0.15) is 5.52 Å². The molecule has 0 saturated carbocycles. The molecule has 4 aromatic rings. The zero-order chi connectivity index (χ0) is 21.9. The second-order valence-electron chi connectivity index (χ2n) is 7.86. The molecular formula is C25H23ClN4O2. The summed E-state index contributed by atoms with van der Waals surface area (Å²) in [6, 6.07) is 20.5. The van der Waals surface area contributed by atoms with Crippen molar-refractivity contribution in [3.63, 3.8) is 0 Å². The number of nitrogens with zero attached hydrogens (tertiary/aromatic N) is 2. The number of aromatic nitrogens is 1. The highest BCUT2D eigenvalue weighted by atomic mass is 35.5. The summed E-state index contributed by atoms with van der Waals surface area (Å²) in [4.78, 5) is 19.8. The molecule has 162 valence electrons. The fourth-order valence-corrected chi connectivity index (χ4v) is 4.10. The van der Waals surface area contributed by atoms with Crippen LogP contribution in [0.3, 0.4) is 0 Å². The zero-order valence-electron chi connectivity index (χ0n) is 17.5. The first-order valence-corrected chi connectivity index (χ1v) is 11.0. The first-order valence-electron chi connectivity index (χ1n) is 10.6. The highest BCUT2D eigenvalue weighted by Crippen LogP contribution is 2.31. The van der Waals surface area contributed by atoms with Crippen LogP contribution in [0.4, 0.5) is 5.69 Å². The van der Waals surface area contributed by atoms with E-state index in [-0.39, 0.29) is 5.91 Å². The van der Waals surface area contributed by atoms with Crippen molar-refractivity contribution in [1.29, 1.82) is 0 Å². The van der Waals surface area contributed by atoms with Gasteiger partial charge in [0.2, 0.25) is 5.89 Å². The molecule has 0 radical (unpaired) electrons. The number of halogens is 1. The Morgan fingerprint density at radius 1 is 1.06 bits per heavy atom. The Balaban J connectivity index is 1.40. The number of para-hydroxylation sites is 1. The number of hydrogen-bond acceptors (Lipinski definition) is 5. The van der Waals surface area contributed by atoms with Crippen molar-refractivity contribution in [1.82, 2.24) is 15.2 Å². The molecule has 0 aliphatic carbocycles. The van der Waals surface area contributed by atoms with E-state index >= 15 is 0 Å². The topological polar surface area (TPSA) is 70.4 Å². The Hall–Kier alpha value is -3.19. The van der Waals surface area contributed by atoms with E-state index in [1.165, 1.54) is 5.56 Å². The maximum atomic E-state index is 12.7. The fraction of sp³-hybridized carbons (Fsp3) is 0.200. The molecule has 0 atom stereocenters. The van der Waals surface area contributed by atoms with E-state index in [1.54, 1.807) is 24.3 Å². The lowest BCUT2D eigenvalue weighted by Gasteiger charge is -2.27. The summed E-state index contributed by atoms with van der Waals surface area (Å²) in [6.45, 7) is 5.01. The SMILES string of the molecule is O=C(Nc1ccccc1-c1nc2ccc(CN3CCNCC3)cc2o1)c1cccc(Cl)c1. The quantitative estimate of drug-likeness (QED) is 0.460. The van der Waals surface area contributed by atoms with Crippen molar-refractivity contribution in [3.8, 4) is 11.5 Å². The first kappa shape index (κ1) is 20.7. The zero-order valence-corrected chi connectivity index (χ0v) is 18.2. The maximum absolute atomic E-state index is 12.7. The largest absolute Gasteiger partial charge is 0.436 e. The van der Waals surface area contributed by atoms with Gasteiger partial charge in [0.05, 0.1) is 11.3 Å². The number of piperazine rings is 1. The third kappa shape index (κ3) is 4.53. The number of amides is 1. The molecule has 32 heavy (non-hydrogen) atoms. The average molecular weight is 447 g/mol. The number of anilines is 1. The van der Waals surface area contributed by atoms with Crippen LogP contribution in [0, 0.1) is 0 Å². The van der Waals surface area contributed by atoms with Gasteiger partial charge in [-0.25, -0.2) is 4.98 Å². The van der Waals surface area contributed by atoms with Gasteiger partial charge >= 0.3 is 0 Å². The van der Waals surface area contributed by atoms with Gasteiger partial charge in [-0.3, -0.25) is 9.69 Å². The standard InChI is InChI=1S/C25H23ClN4O2/c26-19-5-3-4-18(15-19)24(31)28-21-7-2-1-6-20(21)25-29-22-9-8-17(14-23(22)32-25)16-30-12-10-27-11-13-30/h1-9,14-15,27H,10-13,16H2,(H,28,31). The Bertz CT molecular complexity index is 1260. The molecule has 3 aromatic carbocycles. The molecule has 1 aromatic heterocycles. The molecule has 1 aliphatic rings. The van der Waals surface area contributed by atoms with Gasteiger partial charge in [0, 0.05) is 43.3 Å². The molecule has 2 heterocycles. The molecule has 0 unspecified atom stereocenters. The second kappa shape index (κ2) is 9.12. The summed E-state index contributed by atoms with van der Waals surface area (Å²) in [5.74, 6) is 0.232. The van der Waals surface area contributed by atoms with Crippen LogP contribution in [0.5, 0.6) is 0 Å². The van der Waals surface area contributed by atoms with E-state index in [4.69, 9.17) is 16.0 Å². The predicted molar refractivity (Wildman–Crippen MR) is 127 cm³/mol. The van der Waals surface area contributed by atoms with Crippen LogP contribution in [0.1, 0.15) is 15.9 Å². The second-order valence-corrected chi connectivity index (χ2v) is 8.29. The number of oxazole rings is 1. The van der Waals surface area contributed by atoms with Gasteiger partial charge in [-0.05, 0) is 48.0 Å². The number of hydrogen-bond donors (Lipinski definition) is 2. The van der Waals surface area contributed by atoms with Crippen molar-refractivity contribution in [2.45, 2.75) is 6.54 Å². The lowest BCUT2D eigenvalue weighted by Crippen LogP contribution is -2.42. The number of carbonyl (C=O) groups excluding carboxylic acids is 1. The summed E-state index contributed by atoms with van der Waals surface area (Å²) in [6.07, 6.45) is 0. The smallest absolute Gasteiger partial charge is 0.255 e. The van der Waals surface area contributed by atoms with Gasteiger partial charge in [-0.2, -0.15) is 0 Å². The van der Waals surface area contributed by atoms with Gasteiger partial charge < -0.3 is 15.1 Å². The summed E-state index contributed by atoms with van der Waals surface area (Å²) in [5.41, 5.74) is 4.57. The van der Waals surface area contributed by atoms with E-state index in [9.17, 15) is 4.79 Å². The van der Waals surface area contributed by atoms with Crippen molar-refractivity contribution in [2.75, 3.05) is 31.5 Å². The monoisotopic (exact) mass is 446 g/mol. The summed E-state index contributed by atoms with van der Waals surface area (Å²) < 4.78 is 6.12. The molecular weight excluding hydrogens is 424 g/mol. The fourth-order valence-electron chi connectivity index (χ4n) is 3.91. The first-order chi connectivity index (χ1) is 15.7. The van der Waals surface area contributed by atoms with Crippen molar-refractivity contribution >= 4 is 34.3 Å². The van der Waals surface area contributed by atoms with Gasteiger partial charge in [0.15, 0.2) is 5.58 Å². The number of benzene rings is 3. The lowest BCUT2D eigenvalue weighted by molar-refractivity contribution is 0.102. The van der Waals surface area contributed by atoms with Crippen LogP contribution in [0.2, 0.25) is 5.02 Å². The molecule has 0 spiro atoms. The molecule has 1 amide bonds. The minimum absolute atomic E-state index is 0.241. The van der Waals surface area contributed by atoms with E-state index in [2.05, 4.69) is 32.7 Å². The van der Waals surface area contributed by atoms with Crippen LogP contribution in [0.25, 0.3) is 22.6 Å². The number of nitrogens with one attached hydrogen (secondary N) is 2. The van der Waals surface area contributed by atoms with E-state index in [1.807, 2.05) is 30.3 Å². The Labute approximate surface area is 191 Å². The van der Waals surface area contributed by atoms with Gasteiger partial charge in [-0.15, -0.1) is 0 Å². The van der Waals surface area contributed by atoms with Crippen molar-refractivity contribution in [2.24, 2.45) is 0 Å². The number of carbonyl (C=O) groups is 1. The van der Waals surface area contributed by atoms with Gasteiger partial charge in [0.25, 0.3) is 5.91 Å². The molecule has 5 rings (SSSR count). The van der Waals surface area contributed by atoms with Crippen LogP contribution < -0.4 is 10.6 Å².